The van der Waals surface area contributed by atoms with E-state index in [1.54, 1.807) is 0 Å². The van der Waals surface area contributed by atoms with E-state index in [9.17, 15) is 0 Å². The molecule has 0 aliphatic heterocycles. The highest BCUT2D eigenvalue weighted by molar-refractivity contribution is 5.25. The minimum atomic E-state index is 1.11. The Kier molecular flexibility index (Phi) is 4.00. The Hall–Kier alpha value is -0.790. The highest BCUT2D eigenvalue weighted by atomic mass is 15.1. The second kappa shape index (κ2) is 5.05. The number of rotatable bonds is 5. The summed E-state index contributed by atoms with van der Waals surface area (Å²) >= 11 is 0. The van der Waals surface area contributed by atoms with E-state index in [1.165, 1.54) is 29.8 Å². The molecule has 0 fully saturated rings. The average Bonchev–Trinajstić information content (AvgIpc) is 2.49. The van der Waals surface area contributed by atoms with Crippen LogP contribution in [-0.2, 0) is 19.3 Å². The van der Waals surface area contributed by atoms with Crippen LogP contribution in [0, 0.1) is 0 Å². The predicted octanol–water partition coefficient (Wildman–Crippen LogP) is 2.88. The highest BCUT2D eigenvalue weighted by Gasteiger charge is 2.09. The van der Waals surface area contributed by atoms with Gasteiger partial charge in [-0.3, -0.25) is 5.10 Å². The van der Waals surface area contributed by atoms with Crippen molar-refractivity contribution < 1.29 is 0 Å². The van der Waals surface area contributed by atoms with Gasteiger partial charge in [0.1, 0.15) is 0 Å². The van der Waals surface area contributed by atoms with Crippen molar-refractivity contribution in [2.75, 3.05) is 0 Å². The summed E-state index contributed by atoms with van der Waals surface area (Å²) in [5.74, 6) is 0. The number of aromatic nitrogens is 2. The van der Waals surface area contributed by atoms with Gasteiger partial charge in [0.05, 0.1) is 5.69 Å². The second-order valence-electron chi connectivity index (χ2n) is 3.48. The molecule has 0 saturated carbocycles. The van der Waals surface area contributed by atoms with Crippen LogP contribution in [0.5, 0.6) is 0 Å². The smallest absolute Gasteiger partial charge is 0.0656 e. The molecular weight excluding hydrogens is 160 g/mol. The highest BCUT2D eigenvalue weighted by Crippen LogP contribution is 2.15. The zero-order chi connectivity index (χ0) is 9.68. The number of nitrogens with one attached hydrogen (secondary N) is 1. The van der Waals surface area contributed by atoms with Gasteiger partial charge in [0, 0.05) is 5.69 Å². The summed E-state index contributed by atoms with van der Waals surface area (Å²) < 4.78 is 0. The molecule has 0 atom stereocenters. The summed E-state index contributed by atoms with van der Waals surface area (Å²) in [6.45, 7) is 6.62. The van der Waals surface area contributed by atoms with Gasteiger partial charge in [0.2, 0.25) is 0 Å². The summed E-state index contributed by atoms with van der Waals surface area (Å²) in [6, 6.07) is 0. The molecule has 1 N–H and O–H groups in total. The number of aromatic amines is 1. The van der Waals surface area contributed by atoms with Crippen LogP contribution in [0.1, 0.15) is 50.6 Å². The van der Waals surface area contributed by atoms with Gasteiger partial charge in [-0.25, -0.2) is 0 Å². The van der Waals surface area contributed by atoms with E-state index in [-0.39, 0.29) is 0 Å². The number of hydrogen-bond acceptors (Lipinski definition) is 1. The second-order valence-corrected chi connectivity index (χ2v) is 3.48. The van der Waals surface area contributed by atoms with E-state index in [0.29, 0.717) is 0 Å². The summed E-state index contributed by atoms with van der Waals surface area (Å²) in [5.41, 5.74) is 4.10. The van der Waals surface area contributed by atoms with Crippen LogP contribution in [-0.4, -0.2) is 10.2 Å². The van der Waals surface area contributed by atoms with E-state index < -0.39 is 0 Å². The monoisotopic (exact) mass is 180 g/mol. The van der Waals surface area contributed by atoms with Crippen molar-refractivity contribution in [1.82, 2.24) is 10.2 Å². The van der Waals surface area contributed by atoms with Crippen LogP contribution in [0.3, 0.4) is 0 Å². The third-order valence-electron chi connectivity index (χ3n) is 2.38. The molecule has 0 amide bonds. The molecule has 0 aliphatic carbocycles. The van der Waals surface area contributed by atoms with E-state index in [4.69, 9.17) is 0 Å². The lowest BCUT2D eigenvalue weighted by Crippen LogP contribution is -1.93. The van der Waals surface area contributed by atoms with Crippen molar-refractivity contribution in [2.45, 2.75) is 52.9 Å². The molecule has 2 heteroatoms. The van der Waals surface area contributed by atoms with Gasteiger partial charge in [0.15, 0.2) is 0 Å². The number of nitrogens with zero attached hydrogens (tertiary/aromatic N) is 1. The largest absolute Gasteiger partial charge is 0.282 e. The zero-order valence-electron chi connectivity index (χ0n) is 8.98. The molecule has 0 aliphatic rings. The molecule has 0 bridgehead atoms. The SMILES string of the molecule is CCCc1n[nH]c(CCC)c1CC. The molecule has 1 aromatic rings. The first-order valence-corrected chi connectivity index (χ1v) is 5.38. The van der Waals surface area contributed by atoms with Gasteiger partial charge in [0.25, 0.3) is 0 Å². The van der Waals surface area contributed by atoms with Gasteiger partial charge in [-0.15, -0.1) is 0 Å². The summed E-state index contributed by atoms with van der Waals surface area (Å²) in [6.07, 6.45) is 5.74. The lowest BCUT2D eigenvalue weighted by atomic mass is 10.0. The van der Waals surface area contributed by atoms with Crippen molar-refractivity contribution >= 4 is 0 Å². The molecule has 0 unspecified atom stereocenters. The topological polar surface area (TPSA) is 28.7 Å². The minimum Gasteiger partial charge on any atom is -0.282 e. The van der Waals surface area contributed by atoms with Crippen LogP contribution in [0.2, 0.25) is 0 Å². The predicted molar refractivity (Wildman–Crippen MR) is 56.0 cm³/mol. The van der Waals surface area contributed by atoms with Crippen LogP contribution in [0.25, 0.3) is 0 Å². The molecule has 1 aromatic heterocycles. The van der Waals surface area contributed by atoms with Crippen molar-refractivity contribution in [3.05, 3.63) is 17.0 Å². The maximum Gasteiger partial charge on any atom is 0.0656 e. The first-order valence-electron chi connectivity index (χ1n) is 5.38. The van der Waals surface area contributed by atoms with Crippen LogP contribution >= 0.6 is 0 Å². The molecule has 1 rings (SSSR count). The quantitative estimate of drug-likeness (QED) is 0.741. The third-order valence-corrected chi connectivity index (χ3v) is 2.38. The van der Waals surface area contributed by atoms with E-state index in [1.807, 2.05) is 0 Å². The molecule has 0 aromatic carbocycles. The normalized spacial score (nSPS) is 10.7. The maximum atomic E-state index is 4.37. The number of H-pyrrole nitrogens is 1. The Balaban J connectivity index is 2.82. The van der Waals surface area contributed by atoms with Crippen molar-refractivity contribution in [1.29, 1.82) is 0 Å². The standard InChI is InChI=1S/C11H20N2/c1-4-7-10-9(6-3)11(8-5-2)13-12-10/h4-8H2,1-3H3,(H,12,13). The molecule has 1 heterocycles. The fourth-order valence-electron chi connectivity index (χ4n) is 1.76. The van der Waals surface area contributed by atoms with Gasteiger partial charge in [-0.05, 0) is 24.8 Å². The summed E-state index contributed by atoms with van der Waals surface area (Å²) in [5, 5.41) is 7.53. The lowest BCUT2D eigenvalue weighted by Gasteiger charge is -2.00. The lowest BCUT2D eigenvalue weighted by molar-refractivity contribution is 0.845. The molecule has 0 radical (unpaired) electrons. The molecule has 2 nitrogen and oxygen atoms in total. The minimum absolute atomic E-state index is 1.11. The van der Waals surface area contributed by atoms with Gasteiger partial charge in [-0.1, -0.05) is 33.6 Å². The first kappa shape index (κ1) is 10.3. The third kappa shape index (κ3) is 2.33. The number of hydrogen-bond donors (Lipinski definition) is 1. The molecule has 0 saturated heterocycles. The van der Waals surface area contributed by atoms with Crippen molar-refractivity contribution in [3.8, 4) is 0 Å². The fourth-order valence-corrected chi connectivity index (χ4v) is 1.76. The van der Waals surface area contributed by atoms with Gasteiger partial charge < -0.3 is 0 Å². The van der Waals surface area contributed by atoms with E-state index >= 15 is 0 Å². The Morgan fingerprint density at radius 1 is 1.08 bits per heavy atom. The average molecular weight is 180 g/mol. The Labute approximate surface area is 80.7 Å². The van der Waals surface area contributed by atoms with Crippen LogP contribution in [0.15, 0.2) is 0 Å². The Morgan fingerprint density at radius 2 is 1.77 bits per heavy atom. The van der Waals surface area contributed by atoms with Crippen LogP contribution < -0.4 is 0 Å². The fraction of sp³-hybridized carbons (Fsp3) is 0.727. The Bertz CT molecular complexity index is 227. The van der Waals surface area contributed by atoms with E-state index in [0.717, 1.165) is 19.3 Å². The first-order chi connectivity index (χ1) is 6.33. The Morgan fingerprint density at radius 3 is 2.31 bits per heavy atom. The summed E-state index contributed by atoms with van der Waals surface area (Å²) in [7, 11) is 0. The maximum absolute atomic E-state index is 4.37. The van der Waals surface area contributed by atoms with Crippen LogP contribution in [0.4, 0.5) is 0 Å². The zero-order valence-corrected chi connectivity index (χ0v) is 8.98. The van der Waals surface area contributed by atoms with Crippen molar-refractivity contribution in [3.63, 3.8) is 0 Å². The van der Waals surface area contributed by atoms with Crippen molar-refractivity contribution in [2.24, 2.45) is 0 Å². The molecule has 13 heavy (non-hydrogen) atoms. The molecular formula is C11H20N2. The van der Waals surface area contributed by atoms with Gasteiger partial charge >= 0.3 is 0 Å². The summed E-state index contributed by atoms with van der Waals surface area (Å²) in [4.78, 5) is 0. The molecule has 74 valence electrons. The molecule has 0 spiro atoms. The van der Waals surface area contributed by atoms with Gasteiger partial charge in [-0.2, -0.15) is 5.10 Å². The number of aryl methyl sites for hydroxylation is 2. The van der Waals surface area contributed by atoms with E-state index in [2.05, 4.69) is 31.0 Å².